The van der Waals surface area contributed by atoms with Gasteiger partial charge in [0.2, 0.25) is 5.03 Å². The molecule has 0 fully saturated rings. The largest absolute Gasteiger partial charge is 0.451 e. The number of aromatic nitrogens is 3. The Bertz CT molecular complexity index is 1390. The molecule has 1 aromatic carbocycles. The summed E-state index contributed by atoms with van der Waals surface area (Å²) in [7, 11) is -0.457. The van der Waals surface area contributed by atoms with Crippen molar-refractivity contribution in [3.05, 3.63) is 53.5 Å². The van der Waals surface area contributed by atoms with Gasteiger partial charge in [-0.2, -0.15) is 18.0 Å². The minimum atomic E-state index is -4.24. The van der Waals surface area contributed by atoms with Gasteiger partial charge in [0.1, 0.15) is 5.58 Å². The Labute approximate surface area is 173 Å². The molecule has 0 atom stereocenters. The number of hydrogen-bond acceptors (Lipinski definition) is 7. The molecule has 30 heavy (non-hydrogen) atoms. The van der Waals surface area contributed by atoms with Crippen LogP contribution in [0.2, 0.25) is 0 Å². The Morgan fingerprint density at radius 3 is 2.67 bits per heavy atom. The van der Waals surface area contributed by atoms with E-state index in [9.17, 15) is 13.2 Å². The molecule has 10 heteroatoms. The zero-order valence-electron chi connectivity index (χ0n) is 17.0. The highest BCUT2D eigenvalue weighted by atomic mass is 32.2. The topological polar surface area (TPSA) is 110 Å². The number of rotatable bonds is 5. The molecule has 0 saturated carbocycles. The molecule has 0 unspecified atom stereocenters. The second-order valence-electron chi connectivity index (χ2n) is 7.11. The van der Waals surface area contributed by atoms with Crippen molar-refractivity contribution in [1.29, 1.82) is 0 Å². The predicted molar refractivity (Wildman–Crippen MR) is 112 cm³/mol. The van der Waals surface area contributed by atoms with Gasteiger partial charge in [-0.15, -0.1) is 0 Å². The van der Waals surface area contributed by atoms with Gasteiger partial charge in [-0.3, -0.25) is 4.79 Å². The van der Waals surface area contributed by atoms with Crippen molar-refractivity contribution >= 4 is 38.2 Å². The molecule has 4 aromatic rings. The van der Waals surface area contributed by atoms with Crippen LogP contribution in [0.15, 0.2) is 45.8 Å². The molecular formula is C20H21N5O4S. The van der Waals surface area contributed by atoms with E-state index in [0.29, 0.717) is 28.7 Å². The molecule has 9 nitrogen and oxygen atoms in total. The predicted octanol–water partition coefficient (Wildman–Crippen LogP) is 2.53. The fourth-order valence-electron chi connectivity index (χ4n) is 3.19. The molecule has 3 aromatic heterocycles. The molecule has 4 rings (SSSR count). The number of benzene rings is 1. The Kier molecular flexibility index (Phi) is 4.73. The van der Waals surface area contributed by atoms with Crippen molar-refractivity contribution in [1.82, 2.24) is 19.3 Å². The summed E-state index contributed by atoms with van der Waals surface area (Å²) < 4.78 is 34.9. The van der Waals surface area contributed by atoms with Crippen molar-refractivity contribution in [2.45, 2.75) is 25.3 Å². The van der Waals surface area contributed by atoms with Crippen LogP contribution in [0.25, 0.3) is 16.6 Å². The van der Waals surface area contributed by atoms with Crippen LogP contribution < -0.4 is 9.62 Å². The summed E-state index contributed by atoms with van der Waals surface area (Å²) in [5, 5.41) is 4.84. The number of hydrogen-bond donors (Lipinski definition) is 1. The van der Waals surface area contributed by atoms with Crippen LogP contribution in [-0.2, 0) is 16.4 Å². The van der Waals surface area contributed by atoms with Crippen LogP contribution in [0.3, 0.4) is 0 Å². The maximum absolute atomic E-state index is 13.0. The third-order valence-electron chi connectivity index (χ3n) is 4.74. The van der Waals surface area contributed by atoms with Gasteiger partial charge in [0, 0.05) is 31.2 Å². The number of carbonyl (C=O) groups is 1. The van der Waals surface area contributed by atoms with Crippen molar-refractivity contribution in [2.24, 2.45) is 0 Å². The molecule has 0 aliphatic rings. The average Bonchev–Trinajstić information content (AvgIpc) is 3.26. The van der Waals surface area contributed by atoms with E-state index < -0.39 is 15.9 Å². The Morgan fingerprint density at radius 2 is 1.97 bits per heavy atom. The van der Waals surface area contributed by atoms with E-state index in [-0.39, 0.29) is 16.5 Å². The zero-order chi connectivity index (χ0) is 21.6. The minimum Gasteiger partial charge on any atom is -0.451 e. The number of anilines is 1. The summed E-state index contributed by atoms with van der Waals surface area (Å²) in [5.41, 5.74) is 2.73. The summed E-state index contributed by atoms with van der Waals surface area (Å²) in [5.74, 6) is -0.961. The van der Waals surface area contributed by atoms with Crippen LogP contribution in [0.4, 0.5) is 5.69 Å². The SMILES string of the molecule is CCc1ccc2nc(C)c(S(=O)(=O)NC(=O)c3cc4ccc(N(C)C)cc4o3)n2n1. The number of carbonyl (C=O) groups excluding carboxylic acids is 1. The van der Waals surface area contributed by atoms with Crippen molar-refractivity contribution < 1.29 is 17.6 Å². The average molecular weight is 427 g/mol. The molecule has 3 heterocycles. The van der Waals surface area contributed by atoms with E-state index in [2.05, 4.69) is 14.8 Å². The van der Waals surface area contributed by atoms with Gasteiger partial charge >= 0.3 is 5.91 Å². The molecule has 0 bridgehead atoms. The van der Waals surface area contributed by atoms with Crippen LogP contribution >= 0.6 is 0 Å². The summed E-state index contributed by atoms with van der Waals surface area (Å²) in [6, 6.07) is 10.5. The fraction of sp³-hybridized carbons (Fsp3) is 0.250. The van der Waals surface area contributed by atoms with Crippen LogP contribution in [0.1, 0.15) is 28.9 Å². The molecule has 1 amide bonds. The first-order valence-electron chi connectivity index (χ1n) is 9.33. The van der Waals surface area contributed by atoms with E-state index in [1.807, 2.05) is 38.1 Å². The van der Waals surface area contributed by atoms with Crippen molar-refractivity contribution in [3.8, 4) is 0 Å². The lowest BCUT2D eigenvalue weighted by Crippen LogP contribution is -2.31. The van der Waals surface area contributed by atoms with Gasteiger partial charge in [0.05, 0.1) is 11.4 Å². The number of furan rings is 1. The number of imidazole rings is 1. The Hall–Kier alpha value is -3.40. The second kappa shape index (κ2) is 7.13. The Balaban J connectivity index is 1.70. The first-order chi connectivity index (χ1) is 14.2. The van der Waals surface area contributed by atoms with E-state index in [1.54, 1.807) is 25.1 Å². The highest BCUT2D eigenvalue weighted by Crippen LogP contribution is 2.25. The smallest absolute Gasteiger partial charge is 0.300 e. The second-order valence-corrected chi connectivity index (χ2v) is 8.71. The lowest BCUT2D eigenvalue weighted by atomic mass is 10.2. The van der Waals surface area contributed by atoms with Crippen molar-refractivity contribution in [3.63, 3.8) is 0 Å². The molecule has 0 spiro atoms. The molecule has 0 aliphatic heterocycles. The highest BCUT2D eigenvalue weighted by molar-refractivity contribution is 7.90. The van der Waals surface area contributed by atoms with Gasteiger partial charge < -0.3 is 9.32 Å². The monoisotopic (exact) mass is 427 g/mol. The minimum absolute atomic E-state index is 0.0989. The summed E-state index contributed by atoms with van der Waals surface area (Å²) in [4.78, 5) is 18.8. The maximum atomic E-state index is 13.0. The first kappa shape index (κ1) is 19.9. The summed E-state index contributed by atoms with van der Waals surface area (Å²) in [6.45, 7) is 3.47. The molecule has 0 saturated heterocycles. The lowest BCUT2D eigenvalue weighted by molar-refractivity contribution is 0.0956. The lowest BCUT2D eigenvalue weighted by Gasteiger charge is -2.11. The van der Waals surface area contributed by atoms with Gasteiger partial charge in [-0.1, -0.05) is 6.92 Å². The third-order valence-corrected chi connectivity index (χ3v) is 6.17. The van der Waals surface area contributed by atoms with Crippen LogP contribution in [0.5, 0.6) is 0 Å². The molecular weight excluding hydrogens is 406 g/mol. The standard InChI is InChI=1S/C20H21N5O4S/c1-5-14-7-9-18-21-12(2)20(25(18)22-14)30(27,28)23-19(26)17-10-13-6-8-15(24(3)4)11-16(13)29-17/h6-11H,5H2,1-4H3,(H,23,26). The fourth-order valence-corrected chi connectivity index (χ4v) is 4.43. The molecule has 156 valence electrons. The highest BCUT2D eigenvalue weighted by Gasteiger charge is 2.28. The number of sulfonamides is 1. The number of amides is 1. The number of nitrogens with one attached hydrogen (secondary N) is 1. The summed E-state index contributed by atoms with van der Waals surface area (Å²) in [6.07, 6.45) is 0.632. The normalized spacial score (nSPS) is 11.9. The van der Waals surface area contributed by atoms with Gasteiger partial charge in [0.15, 0.2) is 11.4 Å². The van der Waals surface area contributed by atoms with Gasteiger partial charge in [0.25, 0.3) is 10.0 Å². The Morgan fingerprint density at radius 1 is 1.20 bits per heavy atom. The number of aryl methyl sites for hydroxylation is 2. The molecule has 0 aliphatic carbocycles. The van der Waals surface area contributed by atoms with Crippen molar-refractivity contribution in [2.75, 3.05) is 19.0 Å². The molecule has 1 N–H and O–H groups in total. The maximum Gasteiger partial charge on any atom is 0.300 e. The summed E-state index contributed by atoms with van der Waals surface area (Å²) >= 11 is 0. The van der Waals surface area contributed by atoms with Gasteiger partial charge in [-0.05, 0) is 43.7 Å². The molecule has 0 radical (unpaired) electrons. The number of fused-ring (bicyclic) bond motifs is 2. The quantitative estimate of drug-likeness (QED) is 0.521. The van der Waals surface area contributed by atoms with E-state index in [4.69, 9.17) is 4.42 Å². The van der Waals surface area contributed by atoms with Crippen LogP contribution in [-0.4, -0.2) is 43.0 Å². The van der Waals surface area contributed by atoms with Gasteiger partial charge in [-0.25, -0.2) is 9.71 Å². The van der Waals surface area contributed by atoms with E-state index in [0.717, 1.165) is 5.69 Å². The van der Waals surface area contributed by atoms with E-state index in [1.165, 1.54) is 10.6 Å². The number of nitrogens with zero attached hydrogens (tertiary/aromatic N) is 4. The van der Waals surface area contributed by atoms with Crippen LogP contribution in [0, 0.1) is 6.92 Å². The van der Waals surface area contributed by atoms with E-state index >= 15 is 0 Å². The zero-order valence-corrected chi connectivity index (χ0v) is 17.8. The first-order valence-corrected chi connectivity index (χ1v) is 10.8. The third kappa shape index (κ3) is 3.39.